The molecule has 0 aromatic heterocycles. The number of urea groups is 1. The van der Waals surface area contributed by atoms with Crippen molar-refractivity contribution in [1.29, 1.82) is 0 Å². The number of hydrogen-bond donors (Lipinski definition) is 3. The summed E-state index contributed by atoms with van der Waals surface area (Å²) in [7, 11) is 0. The van der Waals surface area contributed by atoms with Gasteiger partial charge in [0.1, 0.15) is 0 Å². The van der Waals surface area contributed by atoms with Crippen LogP contribution in [0.2, 0.25) is 0 Å². The zero-order valence-corrected chi connectivity index (χ0v) is 13.5. The lowest BCUT2D eigenvalue weighted by atomic mass is 9.90. The van der Waals surface area contributed by atoms with Crippen molar-refractivity contribution >= 4 is 23.6 Å². The molecule has 1 atom stereocenters. The van der Waals surface area contributed by atoms with Gasteiger partial charge in [0, 0.05) is 30.4 Å². The molecule has 2 aliphatic rings. The third-order valence-electron chi connectivity index (χ3n) is 4.57. The van der Waals surface area contributed by atoms with Crippen LogP contribution in [0.3, 0.4) is 0 Å². The number of nitrogens with zero attached hydrogens (tertiary/aromatic N) is 1. The van der Waals surface area contributed by atoms with Gasteiger partial charge in [-0.1, -0.05) is 6.07 Å². The van der Waals surface area contributed by atoms with Gasteiger partial charge in [-0.3, -0.25) is 9.59 Å². The highest BCUT2D eigenvalue weighted by molar-refractivity contribution is 5.97. The van der Waals surface area contributed by atoms with E-state index < -0.39 is 11.4 Å². The van der Waals surface area contributed by atoms with E-state index in [-0.39, 0.29) is 24.5 Å². The molecule has 128 valence electrons. The molecule has 7 nitrogen and oxygen atoms in total. The SMILES string of the molecule is CC1(C(=O)O)CCN(C(=O)Nc2cccc(C(=O)NC3CC3)c2)C1. The van der Waals surface area contributed by atoms with Crippen LogP contribution in [0.1, 0.15) is 36.5 Å². The Kier molecular flexibility index (Phi) is 4.17. The van der Waals surface area contributed by atoms with Crippen LogP contribution in [0, 0.1) is 5.41 Å². The summed E-state index contributed by atoms with van der Waals surface area (Å²) in [6.45, 7) is 2.22. The van der Waals surface area contributed by atoms with Crippen LogP contribution in [0.5, 0.6) is 0 Å². The zero-order chi connectivity index (χ0) is 17.3. The highest BCUT2D eigenvalue weighted by Crippen LogP contribution is 2.30. The molecule has 3 amide bonds. The Morgan fingerprint density at radius 1 is 1.29 bits per heavy atom. The molecule has 1 saturated carbocycles. The molecule has 1 aliphatic heterocycles. The fraction of sp³-hybridized carbons (Fsp3) is 0.471. The summed E-state index contributed by atoms with van der Waals surface area (Å²) in [6, 6.07) is 6.67. The maximum atomic E-state index is 12.3. The molecule has 3 N–H and O–H groups in total. The second-order valence-electron chi connectivity index (χ2n) is 6.80. The van der Waals surface area contributed by atoms with Gasteiger partial charge < -0.3 is 20.6 Å². The summed E-state index contributed by atoms with van der Waals surface area (Å²) >= 11 is 0. The van der Waals surface area contributed by atoms with Gasteiger partial charge in [0.15, 0.2) is 0 Å². The number of likely N-dealkylation sites (tertiary alicyclic amines) is 1. The first-order valence-electron chi connectivity index (χ1n) is 8.08. The summed E-state index contributed by atoms with van der Waals surface area (Å²) in [6.07, 6.45) is 2.46. The molecular weight excluding hydrogens is 310 g/mol. The van der Waals surface area contributed by atoms with E-state index in [0.717, 1.165) is 12.8 Å². The van der Waals surface area contributed by atoms with Crippen molar-refractivity contribution < 1.29 is 19.5 Å². The molecule has 1 saturated heterocycles. The fourth-order valence-electron chi connectivity index (χ4n) is 2.75. The molecule has 7 heteroatoms. The van der Waals surface area contributed by atoms with E-state index in [9.17, 15) is 19.5 Å². The molecule has 1 aliphatic carbocycles. The van der Waals surface area contributed by atoms with E-state index in [2.05, 4.69) is 10.6 Å². The molecule has 3 rings (SSSR count). The summed E-state index contributed by atoms with van der Waals surface area (Å²) in [5.74, 6) is -1.04. The quantitative estimate of drug-likeness (QED) is 0.785. The van der Waals surface area contributed by atoms with Gasteiger partial charge in [-0.05, 0) is 44.4 Å². The molecule has 0 spiro atoms. The molecular formula is C17H21N3O4. The summed E-state index contributed by atoms with van der Waals surface area (Å²) in [5.41, 5.74) is 0.118. The largest absolute Gasteiger partial charge is 0.481 e. The third-order valence-corrected chi connectivity index (χ3v) is 4.57. The van der Waals surface area contributed by atoms with Crippen LogP contribution >= 0.6 is 0 Å². The smallest absolute Gasteiger partial charge is 0.321 e. The summed E-state index contributed by atoms with van der Waals surface area (Å²) in [5, 5.41) is 14.9. The lowest BCUT2D eigenvalue weighted by molar-refractivity contribution is -0.146. The van der Waals surface area contributed by atoms with E-state index in [1.54, 1.807) is 31.2 Å². The Morgan fingerprint density at radius 3 is 2.67 bits per heavy atom. The van der Waals surface area contributed by atoms with Crippen LogP contribution in [0.25, 0.3) is 0 Å². The van der Waals surface area contributed by atoms with E-state index in [1.165, 1.54) is 4.90 Å². The van der Waals surface area contributed by atoms with Gasteiger partial charge in [0.2, 0.25) is 0 Å². The number of carbonyl (C=O) groups is 3. The van der Waals surface area contributed by atoms with E-state index >= 15 is 0 Å². The van der Waals surface area contributed by atoms with Gasteiger partial charge in [-0.15, -0.1) is 0 Å². The lowest BCUT2D eigenvalue weighted by Gasteiger charge is -2.20. The van der Waals surface area contributed by atoms with Crippen LogP contribution in [-0.2, 0) is 4.79 Å². The van der Waals surface area contributed by atoms with Crippen LogP contribution in [0.15, 0.2) is 24.3 Å². The standard InChI is InChI=1S/C17H21N3O4/c1-17(15(22)23)7-8-20(10-17)16(24)19-13-4-2-3-11(9-13)14(21)18-12-5-6-12/h2-4,9,12H,5-8,10H2,1H3,(H,18,21)(H,19,24)(H,22,23). The number of aliphatic carboxylic acids is 1. The highest BCUT2D eigenvalue weighted by Gasteiger charge is 2.42. The average Bonchev–Trinajstić information content (AvgIpc) is 3.26. The number of carbonyl (C=O) groups excluding carboxylic acids is 2. The topological polar surface area (TPSA) is 98.7 Å². The van der Waals surface area contributed by atoms with Crippen molar-refractivity contribution in [2.75, 3.05) is 18.4 Å². The van der Waals surface area contributed by atoms with Gasteiger partial charge in [-0.25, -0.2) is 4.79 Å². The first-order chi connectivity index (χ1) is 11.4. The first kappa shape index (κ1) is 16.3. The molecule has 0 bridgehead atoms. The zero-order valence-electron chi connectivity index (χ0n) is 13.5. The number of rotatable bonds is 4. The van der Waals surface area contributed by atoms with Crippen molar-refractivity contribution in [2.45, 2.75) is 32.2 Å². The lowest BCUT2D eigenvalue weighted by Crippen LogP contribution is -2.37. The first-order valence-corrected chi connectivity index (χ1v) is 8.08. The molecule has 24 heavy (non-hydrogen) atoms. The number of hydrogen-bond acceptors (Lipinski definition) is 3. The minimum absolute atomic E-state index is 0.145. The van der Waals surface area contributed by atoms with Crippen LogP contribution < -0.4 is 10.6 Å². The average molecular weight is 331 g/mol. The molecule has 1 heterocycles. The van der Waals surface area contributed by atoms with Gasteiger partial charge >= 0.3 is 12.0 Å². The maximum absolute atomic E-state index is 12.3. The normalized spacial score (nSPS) is 23.0. The Bertz CT molecular complexity index is 686. The number of anilines is 1. The Hall–Kier alpha value is -2.57. The molecule has 1 aromatic carbocycles. The number of amides is 3. The monoisotopic (exact) mass is 331 g/mol. The highest BCUT2D eigenvalue weighted by atomic mass is 16.4. The van der Waals surface area contributed by atoms with Crippen molar-refractivity contribution in [3.05, 3.63) is 29.8 Å². The molecule has 2 fully saturated rings. The Balaban J connectivity index is 1.62. The van der Waals surface area contributed by atoms with Crippen LogP contribution in [0.4, 0.5) is 10.5 Å². The number of nitrogens with one attached hydrogen (secondary N) is 2. The summed E-state index contributed by atoms with van der Waals surface area (Å²) < 4.78 is 0. The maximum Gasteiger partial charge on any atom is 0.321 e. The minimum atomic E-state index is -0.899. The van der Waals surface area contributed by atoms with Crippen molar-refractivity contribution in [2.24, 2.45) is 5.41 Å². The van der Waals surface area contributed by atoms with E-state index in [4.69, 9.17) is 0 Å². The van der Waals surface area contributed by atoms with Crippen molar-refractivity contribution in [1.82, 2.24) is 10.2 Å². The van der Waals surface area contributed by atoms with Crippen molar-refractivity contribution in [3.8, 4) is 0 Å². The number of carboxylic acids is 1. The minimum Gasteiger partial charge on any atom is -0.481 e. The van der Waals surface area contributed by atoms with Gasteiger partial charge in [-0.2, -0.15) is 0 Å². The molecule has 0 radical (unpaired) electrons. The Labute approximate surface area is 140 Å². The fourth-order valence-corrected chi connectivity index (χ4v) is 2.75. The summed E-state index contributed by atoms with van der Waals surface area (Å²) in [4.78, 5) is 37.1. The second kappa shape index (κ2) is 6.14. The number of benzene rings is 1. The Morgan fingerprint density at radius 2 is 2.04 bits per heavy atom. The van der Waals surface area contributed by atoms with Crippen molar-refractivity contribution in [3.63, 3.8) is 0 Å². The van der Waals surface area contributed by atoms with Crippen LogP contribution in [-0.4, -0.2) is 47.0 Å². The van der Waals surface area contributed by atoms with E-state index in [0.29, 0.717) is 24.2 Å². The van der Waals surface area contributed by atoms with Gasteiger partial charge in [0.25, 0.3) is 5.91 Å². The van der Waals surface area contributed by atoms with E-state index in [1.807, 2.05) is 0 Å². The second-order valence-corrected chi connectivity index (χ2v) is 6.80. The molecule has 1 unspecified atom stereocenters. The predicted octanol–water partition coefficient (Wildman–Crippen LogP) is 1.91. The molecule has 1 aromatic rings. The van der Waals surface area contributed by atoms with Gasteiger partial charge in [0.05, 0.1) is 5.41 Å². The third kappa shape index (κ3) is 3.50. The number of carboxylic acid groups (broad SMARTS) is 1. The predicted molar refractivity (Wildman–Crippen MR) is 87.9 cm³/mol.